The molecule has 0 radical (unpaired) electrons. The smallest absolute Gasteiger partial charge is 0.341 e. The number of rotatable bonds is 8. The van der Waals surface area contributed by atoms with E-state index in [1.54, 1.807) is 6.92 Å². The molecule has 0 atom stereocenters. The van der Waals surface area contributed by atoms with Crippen LogP contribution < -0.4 is 5.32 Å². The Labute approximate surface area is 181 Å². The van der Waals surface area contributed by atoms with Crippen LogP contribution >= 0.6 is 11.3 Å². The van der Waals surface area contributed by atoms with Gasteiger partial charge < -0.3 is 10.1 Å². The molecule has 1 heterocycles. The molecular weight excluding hydrogens is 394 g/mol. The number of amides is 1. The maximum Gasteiger partial charge on any atom is 0.341 e. The molecule has 0 bridgehead atoms. The van der Waals surface area contributed by atoms with Gasteiger partial charge in [0.15, 0.2) is 0 Å². The van der Waals surface area contributed by atoms with Crippen molar-refractivity contribution >= 4 is 28.2 Å². The van der Waals surface area contributed by atoms with Gasteiger partial charge in [0, 0.05) is 17.4 Å². The van der Waals surface area contributed by atoms with Gasteiger partial charge in [0.05, 0.1) is 6.61 Å². The molecule has 30 heavy (non-hydrogen) atoms. The Morgan fingerprint density at radius 2 is 1.73 bits per heavy atom. The second-order valence-corrected chi connectivity index (χ2v) is 8.26. The lowest BCUT2D eigenvalue weighted by atomic mass is 10.0. The fourth-order valence-corrected chi connectivity index (χ4v) is 4.18. The van der Waals surface area contributed by atoms with Crippen molar-refractivity contribution in [2.75, 3.05) is 11.9 Å². The minimum Gasteiger partial charge on any atom is -0.462 e. The molecule has 5 heteroatoms. The highest BCUT2D eigenvalue weighted by molar-refractivity contribution is 7.15. The number of carbonyl (C=O) groups excluding carboxylic acids is 2. The standard InChI is InChI=1S/C25H27NO3S/c1-4-29-25(28)23-21(20-8-6-5-7-9-20)16-30-24(23)26-22(27)15-12-18-10-13-19(14-11-18)17(2)3/h5-11,13-14,16-17H,4,12,15H2,1-3H3,(H,26,27). The summed E-state index contributed by atoms with van der Waals surface area (Å²) >= 11 is 1.35. The Hall–Kier alpha value is -2.92. The maximum atomic E-state index is 12.6. The summed E-state index contributed by atoms with van der Waals surface area (Å²) in [4.78, 5) is 25.2. The average Bonchev–Trinajstić information content (AvgIpc) is 3.17. The number of benzene rings is 2. The van der Waals surface area contributed by atoms with Gasteiger partial charge in [-0.05, 0) is 36.0 Å². The van der Waals surface area contributed by atoms with Gasteiger partial charge in [0.1, 0.15) is 10.6 Å². The molecule has 0 aliphatic rings. The molecule has 4 nitrogen and oxygen atoms in total. The third kappa shape index (κ3) is 5.36. The lowest BCUT2D eigenvalue weighted by Crippen LogP contribution is -2.15. The van der Waals surface area contributed by atoms with Crippen molar-refractivity contribution in [1.29, 1.82) is 0 Å². The van der Waals surface area contributed by atoms with Crippen molar-refractivity contribution in [3.63, 3.8) is 0 Å². The Balaban J connectivity index is 1.73. The summed E-state index contributed by atoms with van der Waals surface area (Å²) in [6, 6.07) is 18.0. The topological polar surface area (TPSA) is 55.4 Å². The first-order chi connectivity index (χ1) is 14.5. The first-order valence-corrected chi connectivity index (χ1v) is 11.1. The summed E-state index contributed by atoms with van der Waals surface area (Å²) in [5.41, 5.74) is 4.52. The lowest BCUT2D eigenvalue weighted by Gasteiger charge is -2.09. The van der Waals surface area contributed by atoms with Gasteiger partial charge in [0.2, 0.25) is 5.91 Å². The minimum atomic E-state index is -0.419. The third-order valence-electron chi connectivity index (χ3n) is 4.90. The van der Waals surface area contributed by atoms with Crippen LogP contribution in [-0.4, -0.2) is 18.5 Å². The second kappa shape index (κ2) is 10.2. The number of thiophene rings is 1. The zero-order valence-electron chi connectivity index (χ0n) is 17.6. The monoisotopic (exact) mass is 421 g/mol. The quantitative estimate of drug-likeness (QED) is 0.435. The van der Waals surface area contributed by atoms with Gasteiger partial charge in [0.25, 0.3) is 0 Å². The number of anilines is 1. The highest BCUT2D eigenvalue weighted by atomic mass is 32.1. The van der Waals surface area contributed by atoms with Crippen molar-refractivity contribution in [2.24, 2.45) is 0 Å². The number of carbonyl (C=O) groups is 2. The number of hydrogen-bond donors (Lipinski definition) is 1. The predicted molar refractivity (Wildman–Crippen MR) is 123 cm³/mol. The average molecular weight is 422 g/mol. The van der Waals surface area contributed by atoms with E-state index in [0.29, 0.717) is 29.3 Å². The Morgan fingerprint density at radius 1 is 1.03 bits per heavy atom. The van der Waals surface area contributed by atoms with Gasteiger partial charge in [-0.15, -0.1) is 11.3 Å². The summed E-state index contributed by atoms with van der Waals surface area (Å²) in [5, 5.41) is 5.34. The molecule has 3 rings (SSSR count). The Kier molecular flexibility index (Phi) is 7.41. The van der Waals surface area contributed by atoms with Crippen molar-refractivity contribution in [3.8, 4) is 11.1 Å². The summed E-state index contributed by atoms with van der Waals surface area (Å²) in [5.74, 6) is -0.0478. The molecule has 0 unspecified atom stereocenters. The SMILES string of the molecule is CCOC(=O)c1c(-c2ccccc2)csc1NC(=O)CCc1ccc(C(C)C)cc1. The first-order valence-electron chi connectivity index (χ1n) is 10.2. The lowest BCUT2D eigenvalue weighted by molar-refractivity contribution is -0.116. The van der Waals surface area contributed by atoms with E-state index in [9.17, 15) is 9.59 Å². The molecule has 0 aliphatic heterocycles. The van der Waals surface area contributed by atoms with Crippen molar-refractivity contribution in [2.45, 2.75) is 39.5 Å². The number of nitrogens with one attached hydrogen (secondary N) is 1. The fourth-order valence-electron chi connectivity index (χ4n) is 3.20. The van der Waals surface area contributed by atoms with Crippen LogP contribution in [0, 0.1) is 0 Å². The number of esters is 1. The second-order valence-electron chi connectivity index (χ2n) is 7.38. The van der Waals surface area contributed by atoms with Crippen LogP contribution in [0.3, 0.4) is 0 Å². The molecule has 3 aromatic rings. The van der Waals surface area contributed by atoms with Gasteiger partial charge in [-0.1, -0.05) is 68.4 Å². The molecule has 0 aliphatic carbocycles. The van der Waals surface area contributed by atoms with Gasteiger partial charge in [-0.3, -0.25) is 4.79 Å². The van der Waals surface area contributed by atoms with Gasteiger partial charge >= 0.3 is 5.97 Å². The highest BCUT2D eigenvalue weighted by Gasteiger charge is 2.22. The zero-order valence-corrected chi connectivity index (χ0v) is 18.4. The van der Waals surface area contributed by atoms with E-state index in [0.717, 1.165) is 16.7 Å². The van der Waals surface area contributed by atoms with Crippen molar-refractivity contribution in [3.05, 3.63) is 76.7 Å². The molecule has 0 saturated heterocycles. The van der Waals surface area contributed by atoms with E-state index in [4.69, 9.17) is 4.74 Å². The molecular formula is C25H27NO3S. The van der Waals surface area contributed by atoms with E-state index < -0.39 is 5.97 Å². The van der Waals surface area contributed by atoms with Crippen molar-refractivity contribution < 1.29 is 14.3 Å². The van der Waals surface area contributed by atoms with Crippen LogP contribution in [0.5, 0.6) is 0 Å². The summed E-state index contributed by atoms with van der Waals surface area (Å²) in [6.45, 7) is 6.38. The van der Waals surface area contributed by atoms with Crippen LogP contribution in [0.1, 0.15) is 54.6 Å². The van der Waals surface area contributed by atoms with E-state index in [-0.39, 0.29) is 12.5 Å². The molecule has 0 saturated carbocycles. The number of ether oxygens (including phenoxy) is 1. The highest BCUT2D eigenvalue weighted by Crippen LogP contribution is 2.36. The maximum absolute atomic E-state index is 12.6. The normalized spacial score (nSPS) is 10.8. The Bertz CT molecular complexity index is 991. The molecule has 2 aromatic carbocycles. The summed E-state index contributed by atoms with van der Waals surface area (Å²) < 4.78 is 5.25. The first kappa shape index (κ1) is 21.8. The van der Waals surface area contributed by atoms with Gasteiger partial charge in [-0.25, -0.2) is 4.79 Å². The van der Waals surface area contributed by atoms with Crippen molar-refractivity contribution in [1.82, 2.24) is 0 Å². The number of aryl methyl sites for hydroxylation is 1. The molecule has 0 spiro atoms. The van der Waals surface area contributed by atoms with Crippen LogP contribution in [0.2, 0.25) is 0 Å². The number of hydrogen-bond acceptors (Lipinski definition) is 4. The third-order valence-corrected chi connectivity index (χ3v) is 5.79. The molecule has 1 N–H and O–H groups in total. The van der Waals surface area contributed by atoms with Crippen LogP contribution in [-0.2, 0) is 16.0 Å². The van der Waals surface area contributed by atoms with E-state index in [2.05, 4.69) is 43.4 Å². The van der Waals surface area contributed by atoms with E-state index in [1.165, 1.54) is 16.9 Å². The summed E-state index contributed by atoms with van der Waals surface area (Å²) in [6.07, 6.45) is 0.998. The van der Waals surface area contributed by atoms with E-state index >= 15 is 0 Å². The largest absolute Gasteiger partial charge is 0.462 e. The van der Waals surface area contributed by atoms with Gasteiger partial charge in [-0.2, -0.15) is 0 Å². The summed E-state index contributed by atoms with van der Waals surface area (Å²) in [7, 11) is 0. The van der Waals surface area contributed by atoms with E-state index in [1.807, 2.05) is 35.7 Å². The molecule has 1 amide bonds. The Morgan fingerprint density at radius 3 is 2.37 bits per heavy atom. The van der Waals surface area contributed by atoms with Crippen LogP contribution in [0.25, 0.3) is 11.1 Å². The molecule has 156 valence electrons. The molecule has 1 aromatic heterocycles. The molecule has 0 fully saturated rings. The predicted octanol–water partition coefficient (Wildman–Crippen LogP) is 6.29. The van der Waals surface area contributed by atoms with Crippen LogP contribution in [0.4, 0.5) is 5.00 Å². The van der Waals surface area contributed by atoms with Crippen LogP contribution in [0.15, 0.2) is 60.0 Å². The fraction of sp³-hybridized carbons (Fsp3) is 0.280. The zero-order chi connectivity index (χ0) is 21.5. The minimum absolute atomic E-state index is 0.116.